The Hall–Kier alpha value is -0.590. The molecule has 0 spiro atoms. The summed E-state index contributed by atoms with van der Waals surface area (Å²) in [6.45, 7) is 3.09. The van der Waals surface area contributed by atoms with Crippen molar-refractivity contribution in [3.8, 4) is 6.07 Å². The molecule has 2 heterocycles. The van der Waals surface area contributed by atoms with Crippen molar-refractivity contribution in [2.24, 2.45) is 0 Å². The first kappa shape index (κ1) is 9.95. The molecule has 2 aliphatic heterocycles. The van der Waals surface area contributed by atoms with Crippen molar-refractivity contribution in [3.05, 3.63) is 0 Å². The summed E-state index contributed by atoms with van der Waals surface area (Å²) in [4.78, 5) is 0. The Bertz CT molecular complexity index is 240. The highest BCUT2D eigenvalue weighted by Crippen LogP contribution is 2.30. The van der Waals surface area contributed by atoms with Crippen LogP contribution >= 0.6 is 0 Å². The van der Waals surface area contributed by atoms with Gasteiger partial charge in [-0.15, -0.1) is 0 Å². The first-order valence-corrected chi connectivity index (χ1v) is 5.56. The summed E-state index contributed by atoms with van der Waals surface area (Å²) < 4.78 is 5.76. The van der Waals surface area contributed by atoms with Crippen LogP contribution in [0.3, 0.4) is 0 Å². The van der Waals surface area contributed by atoms with Gasteiger partial charge in [-0.3, -0.25) is 5.32 Å². The highest BCUT2D eigenvalue weighted by atomic mass is 16.5. The molecule has 0 amide bonds. The molecular formula is C11H18N2O. The third kappa shape index (κ3) is 1.92. The van der Waals surface area contributed by atoms with Crippen LogP contribution in [-0.2, 0) is 4.74 Å². The van der Waals surface area contributed by atoms with Gasteiger partial charge >= 0.3 is 0 Å². The summed E-state index contributed by atoms with van der Waals surface area (Å²) in [6.07, 6.45) is 5.92. The molecule has 2 rings (SSSR count). The van der Waals surface area contributed by atoms with E-state index in [1.54, 1.807) is 0 Å². The summed E-state index contributed by atoms with van der Waals surface area (Å²) in [7, 11) is 0. The van der Waals surface area contributed by atoms with E-state index in [1.807, 2.05) is 0 Å². The minimum absolute atomic E-state index is 0.283. The second kappa shape index (κ2) is 3.88. The van der Waals surface area contributed by atoms with Crippen LogP contribution in [0.15, 0.2) is 0 Å². The topological polar surface area (TPSA) is 45.0 Å². The summed E-state index contributed by atoms with van der Waals surface area (Å²) in [5.41, 5.74) is -0.283. The molecule has 0 radical (unpaired) electrons. The first-order valence-electron chi connectivity index (χ1n) is 5.56. The molecule has 0 bridgehead atoms. The Morgan fingerprint density at radius 1 is 1.57 bits per heavy atom. The minimum Gasteiger partial charge on any atom is -0.375 e. The maximum absolute atomic E-state index is 9.17. The van der Waals surface area contributed by atoms with E-state index in [1.165, 1.54) is 0 Å². The summed E-state index contributed by atoms with van der Waals surface area (Å²) >= 11 is 0. The van der Waals surface area contributed by atoms with Gasteiger partial charge in [0.05, 0.1) is 18.3 Å². The lowest BCUT2D eigenvalue weighted by Crippen LogP contribution is -2.41. The Morgan fingerprint density at radius 3 is 2.93 bits per heavy atom. The molecule has 1 N–H and O–H groups in total. The second-order valence-electron chi connectivity index (χ2n) is 4.57. The van der Waals surface area contributed by atoms with Crippen molar-refractivity contribution in [2.45, 2.75) is 56.8 Å². The van der Waals surface area contributed by atoms with E-state index in [-0.39, 0.29) is 5.54 Å². The smallest absolute Gasteiger partial charge is 0.109 e. The van der Waals surface area contributed by atoms with Gasteiger partial charge in [0.25, 0.3) is 0 Å². The molecule has 3 unspecified atom stereocenters. The standard InChI is InChI=1S/C11H18N2O/c1-9-3-4-10(14-9)7-11(8-12)5-2-6-13-11/h9-10,13H,2-7H2,1H3. The van der Waals surface area contributed by atoms with Crippen molar-refractivity contribution in [2.75, 3.05) is 6.54 Å². The first-order chi connectivity index (χ1) is 6.74. The van der Waals surface area contributed by atoms with Gasteiger partial charge in [-0.05, 0) is 39.2 Å². The zero-order valence-electron chi connectivity index (χ0n) is 8.75. The lowest BCUT2D eigenvalue weighted by molar-refractivity contribution is 0.0401. The van der Waals surface area contributed by atoms with Crippen LogP contribution in [0.4, 0.5) is 0 Å². The predicted molar refractivity (Wildman–Crippen MR) is 53.8 cm³/mol. The van der Waals surface area contributed by atoms with Gasteiger partial charge in [-0.1, -0.05) is 0 Å². The number of nitrogens with one attached hydrogen (secondary N) is 1. The molecule has 2 aliphatic rings. The molecule has 2 fully saturated rings. The van der Waals surface area contributed by atoms with E-state index in [4.69, 9.17) is 4.74 Å². The van der Waals surface area contributed by atoms with Gasteiger partial charge in [-0.2, -0.15) is 5.26 Å². The minimum atomic E-state index is -0.283. The Labute approximate surface area is 85.4 Å². The summed E-state index contributed by atoms with van der Waals surface area (Å²) in [5.74, 6) is 0. The molecule has 14 heavy (non-hydrogen) atoms. The van der Waals surface area contributed by atoms with Crippen LogP contribution in [0.1, 0.15) is 39.0 Å². The number of hydrogen-bond donors (Lipinski definition) is 1. The summed E-state index contributed by atoms with van der Waals surface area (Å²) in [5, 5.41) is 12.5. The van der Waals surface area contributed by atoms with Crippen LogP contribution in [0.25, 0.3) is 0 Å². The maximum atomic E-state index is 9.17. The molecule has 0 aromatic rings. The molecule has 0 aromatic heterocycles. The number of nitriles is 1. The molecule has 3 atom stereocenters. The molecule has 0 saturated carbocycles. The summed E-state index contributed by atoms with van der Waals surface area (Å²) in [6, 6.07) is 2.43. The third-order valence-electron chi connectivity index (χ3n) is 3.35. The molecule has 3 heteroatoms. The Balaban J connectivity index is 1.92. The van der Waals surface area contributed by atoms with Crippen LogP contribution in [0.2, 0.25) is 0 Å². The highest BCUT2D eigenvalue weighted by molar-refractivity contribution is 5.11. The Kier molecular flexibility index (Phi) is 2.76. The van der Waals surface area contributed by atoms with E-state index >= 15 is 0 Å². The highest BCUT2D eigenvalue weighted by Gasteiger charge is 2.38. The lowest BCUT2D eigenvalue weighted by Gasteiger charge is -2.24. The van der Waals surface area contributed by atoms with Gasteiger partial charge in [0.2, 0.25) is 0 Å². The molecule has 3 nitrogen and oxygen atoms in total. The quantitative estimate of drug-likeness (QED) is 0.726. The van der Waals surface area contributed by atoms with E-state index in [9.17, 15) is 5.26 Å². The number of rotatable bonds is 2. The van der Waals surface area contributed by atoms with Gasteiger partial charge in [0, 0.05) is 6.42 Å². The second-order valence-corrected chi connectivity index (χ2v) is 4.57. The number of hydrogen-bond acceptors (Lipinski definition) is 3. The lowest BCUT2D eigenvalue weighted by atomic mass is 9.91. The van der Waals surface area contributed by atoms with Crippen LogP contribution in [0, 0.1) is 11.3 Å². The van der Waals surface area contributed by atoms with Gasteiger partial charge in [-0.25, -0.2) is 0 Å². The van der Waals surface area contributed by atoms with E-state index in [0.29, 0.717) is 12.2 Å². The zero-order chi connectivity index (χ0) is 10.0. The van der Waals surface area contributed by atoms with E-state index in [0.717, 1.165) is 38.6 Å². The van der Waals surface area contributed by atoms with E-state index in [2.05, 4.69) is 18.3 Å². The molecule has 78 valence electrons. The largest absolute Gasteiger partial charge is 0.375 e. The van der Waals surface area contributed by atoms with Crippen molar-refractivity contribution in [1.82, 2.24) is 5.32 Å². The van der Waals surface area contributed by atoms with Crippen molar-refractivity contribution < 1.29 is 4.74 Å². The van der Waals surface area contributed by atoms with Crippen LogP contribution < -0.4 is 5.32 Å². The van der Waals surface area contributed by atoms with Crippen molar-refractivity contribution >= 4 is 0 Å². The average Bonchev–Trinajstić information content (AvgIpc) is 2.77. The molecule has 0 aromatic carbocycles. The van der Waals surface area contributed by atoms with Crippen molar-refractivity contribution in [3.63, 3.8) is 0 Å². The van der Waals surface area contributed by atoms with Gasteiger partial charge < -0.3 is 4.74 Å². The van der Waals surface area contributed by atoms with Crippen LogP contribution in [-0.4, -0.2) is 24.3 Å². The number of nitrogens with zero attached hydrogens (tertiary/aromatic N) is 1. The number of ether oxygens (including phenoxy) is 1. The fourth-order valence-electron chi connectivity index (χ4n) is 2.55. The maximum Gasteiger partial charge on any atom is 0.109 e. The third-order valence-corrected chi connectivity index (χ3v) is 3.35. The Morgan fingerprint density at radius 2 is 2.43 bits per heavy atom. The predicted octanol–water partition coefficient (Wildman–Crippen LogP) is 1.59. The average molecular weight is 194 g/mol. The van der Waals surface area contributed by atoms with E-state index < -0.39 is 0 Å². The molecular weight excluding hydrogens is 176 g/mol. The van der Waals surface area contributed by atoms with Crippen molar-refractivity contribution in [1.29, 1.82) is 5.26 Å². The monoisotopic (exact) mass is 194 g/mol. The zero-order valence-corrected chi connectivity index (χ0v) is 8.75. The van der Waals surface area contributed by atoms with Crippen LogP contribution in [0.5, 0.6) is 0 Å². The molecule has 0 aliphatic carbocycles. The molecule has 2 saturated heterocycles. The fraction of sp³-hybridized carbons (Fsp3) is 0.909. The SMILES string of the molecule is CC1CCC(CC2(C#N)CCCN2)O1. The van der Waals surface area contributed by atoms with Gasteiger partial charge in [0.1, 0.15) is 5.54 Å². The fourth-order valence-corrected chi connectivity index (χ4v) is 2.55. The van der Waals surface area contributed by atoms with Gasteiger partial charge in [0.15, 0.2) is 0 Å². The normalized spacial score (nSPS) is 42.6.